The second kappa shape index (κ2) is 5.59. The molecule has 92 valence electrons. The van der Waals surface area contributed by atoms with Gasteiger partial charge in [-0.1, -0.05) is 13.8 Å². The van der Waals surface area contributed by atoms with Crippen molar-refractivity contribution in [3.63, 3.8) is 0 Å². The van der Waals surface area contributed by atoms with Crippen LogP contribution in [0.5, 0.6) is 0 Å². The summed E-state index contributed by atoms with van der Waals surface area (Å²) < 4.78 is 0. The predicted octanol–water partition coefficient (Wildman–Crippen LogP) is 1.81. The summed E-state index contributed by atoms with van der Waals surface area (Å²) in [7, 11) is 0. The van der Waals surface area contributed by atoms with Crippen LogP contribution in [0.4, 0.5) is 5.69 Å². The van der Waals surface area contributed by atoms with Crippen LogP contribution in [-0.2, 0) is 4.79 Å². The molecule has 0 aliphatic rings. The monoisotopic (exact) mass is 234 g/mol. The molecule has 0 spiro atoms. The SMILES string of the molecule is CC(=O)c1ccc(NC(=O)C(N)C(C)C)cc1. The maximum atomic E-state index is 11.7. The number of Topliss-reactive ketones (excluding diaryl/α,β-unsaturated/α-hetero) is 1. The van der Waals surface area contributed by atoms with Crippen molar-refractivity contribution in [1.82, 2.24) is 0 Å². The number of nitrogens with one attached hydrogen (secondary N) is 1. The minimum Gasteiger partial charge on any atom is -0.325 e. The molecule has 1 aromatic carbocycles. The Bertz CT molecular complexity index is 410. The summed E-state index contributed by atoms with van der Waals surface area (Å²) in [6, 6.07) is 6.23. The van der Waals surface area contributed by atoms with Crippen LogP contribution in [0, 0.1) is 5.92 Å². The Morgan fingerprint density at radius 1 is 1.18 bits per heavy atom. The lowest BCUT2D eigenvalue weighted by Gasteiger charge is -2.15. The van der Waals surface area contributed by atoms with Crippen LogP contribution >= 0.6 is 0 Å². The Balaban J connectivity index is 2.70. The van der Waals surface area contributed by atoms with Crippen molar-refractivity contribution in [2.75, 3.05) is 5.32 Å². The maximum Gasteiger partial charge on any atom is 0.241 e. The summed E-state index contributed by atoms with van der Waals surface area (Å²) >= 11 is 0. The Morgan fingerprint density at radius 2 is 1.71 bits per heavy atom. The van der Waals surface area contributed by atoms with Gasteiger partial charge in [-0.05, 0) is 37.1 Å². The highest BCUT2D eigenvalue weighted by molar-refractivity contribution is 5.97. The summed E-state index contributed by atoms with van der Waals surface area (Å²) in [5, 5.41) is 2.71. The number of anilines is 1. The molecule has 1 unspecified atom stereocenters. The molecule has 0 saturated heterocycles. The number of hydrogen-bond acceptors (Lipinski definition) is 3. The Morgan fingerprint density at radius 3 is 2.12 bits per heavy atom. The van der Waals surface area contributed by atoms with E-state index >= 15 is 0 Å². The van der Waals surface area contributed by atoms with E-state index in [4.69, 9.17) is 5.73 Å². The van der Waals surface area contributed by atoms with Crippen LogP contribution in [0.25, 0.3) is 0 Å². The van der Waals surface area contributed by atoms with Gasteiger partial charge in [0.1, 0.15) is 0 Å². The van der Waals surface area contributed by atoms with Gasteiger partial charge in [0.05, 0.1) is 6.04 Å². The van der Waals surface area contributed by atoms with E-state index in [1.165, 1.54) is 6.92 Å². The highest BCUT2D eigenvalue weighted by atomic mass is 16.2. The zero-order valence-electron chi connectivity index (χ0n) is 10.4. The van der Waals surface area contributed by atoms with E-state index in [2.05, 4.69) is 5.32 Å². The number of carbonyl (C=O) groups excluding carboxylic acids is 2. The number of ketones is 1. The Hall–Kier alpha value is -1.68. The third-order valence-electron chi connectivity index (χ3n) is 2.58. The van der Waals surface area contributed by atoms with Crippen molar-refractivity contribution in [1.29, 1.82) is 0 Å². The van der Waals surface area contributed by atoms with Gasteiger partial charge >= 0.3 is 0 Å². The molecule has 0 aliphatic carbocycles. The number of benzene rings is 1. The van der Waals surface area contributed by atoms with E-state index in [-0.39, 0.29) is 17.6 Å². The molecular weight excluding hydrogens is 216 g/mol. The standard InChI is InChI=1S/C13H18N2O2/c1-8(2)12(14)13(17)15-11-6-4-10(5-7-11)9(3)16/h4-8,12H,14H2,1-3H3,(H,15,17). The number of hydrogen-bond donors (Lipinski definition) is 2. The van der Waals surface area contributed by atoms with Gasteiger partial charge in [-0.25, -0.2) is 0 Å². The number of carbonyl (C=O) groups is 2. The molecule has 0 saturated carbocycles. The van der Waals surface area contributed by atoms with E-state index in [9.17, 15) is 9.59 Å². The lowest BCUT2D eigenvalue weighted by atomic mass is 10.0. The topological polar surface area (TPSA) is 72.2 Å². The van der Waals surface area contributed by atoms with E-state index in [1.807, 2.05) is 13.8 Å². The molecule has 0 aliphatic heterocycles. The van der Waals surface area contributed by atoms with Gasteiger partial charge < -0.3 is 11.1 Å². The van der Waals surface area contributed by atoms with Gasteiger partial charge in [0.25, 0.3) is 0 Å². The smallest absolute Gasteiger partial charge is 0.241 e. The maximum absolute atomic E-state index is 11.7. The quantitative estimate of drug-likeness (QED) is 0.780. The van der Waals surface area contributed by atoms with Gasteiger partial charge in [0.15, 0.2) is 5.78 Å². The first kappa shape index (κ1) is 13.4. The summed E-state index contributed by atoms with van der Waals surface area (Å²) in [6.45, 7) is 5.29. The van der Waals surface area contributed by atoms with Gasteiger partial charge in [-0.15, -0.1) is 0 Å². The molecule has 1 amide bonds. The van der Waals surface area contributed by atoms with E-state index < -0.39 is 6.04 Å². The normalized spacial score (nSPS) is 12.3. The van der Waals surface area contributed by atoms with Crippen LogP contribution in [0.15, 0.2) is 24.3 Å². The summed E-state index contributed by atoms with van der Waals surface area (Å²) in [4.78, 5) is 22.7. The Kier molecular flexibility index (Phi) is 4.40. The molecule has 0 aromatic heterocycles. The summed E-state index contributed by atoms with van der Waals surface area (Å²) in [6.07, 6.45) is 0. The van der Waals surface area contributed by atoms with E-state index in [0.717, 1.165) is 0 Å². The second-order valence-electron chi connectivity index (χ2n) is 4.39. The highest BCUT2D eigenvalue weighted by Crippen LogP contribution is 2.11. The molecular formula is C13H18N2O2. The molecule has 0 bridgehead atoms. The highest BCUT2D eigenvalue weighted by Gasteiger charge is 2.16. The first-order valence-corrected chi connectivity index (χ1v) is 5.59. The number of rotatable bonds is 4. The van der Waals surface area contributed by atoms with Crippen molar-refractivity contribution in [2.45, 2.75) is 26.8 Å². The summed E-state index contributed by atoms with van der Waals surface area (Å²) in [5.41, 5.74) is 6.99. The molecule has 0 heterocycles. The minimum atomic E-state index is -0.525. The van der Waals surface area contributed by atoms with Gasteiger partial charge in [0.2, 0.25) is 5.91 Å². The molecule has 4 nitrogen and oxygen atoms in total. The van der Waals surface area contributed by atoms with E-state index in [1.54, 1.807) is 24.3 Å². The van der Waals surface area contributed by atoms with Crippen molar-refractivity contribution in [3.8, 4) is 0 Å². The van der Waals surface area contributed by atoms with Crippen LogP contribution < -0.4 is 11.1 Å². The molecule has 0 radical (unpaired) electrons. The zero-order chi connectivity index (χ0) is 13.0. The first-order chi connectivity index (χ1) is 7.91. The third-order valence-corrected chi connectivity index (χ3v) is 2.58. The van der Waals surface area contributed by atoms with Crippen LogP contribution in [0.3, 0.4) is 0 Å². The van der Waals surface area contributed by atoms with Crippen LogP contribution in [-0.4, -0.2) is 17.7 Å². The molecule has 4 heteroatoms. The number of amides is 1. The fourth-order valence-corrected chi connectivity index (χ4v) is 1.32. The molecule has 3 N–H and O–H groups in total. The first-order valence-electron chi connectivity index (χ1n) is 5.59. The largest absolute Gasteiger partial charge is 0.325 e. The Labute approximate surface area is 101 Å². The molecule has 1 rings (SSSR count). The zero-order valence-corrected chi connectivity index (χ0v) is 10.4. The van der Waals surface area contributed by atoms with Crippen molar-refractivity contribution >= 4 is 17.4 Å². The fraction of sp³-hybridized carbons (Fsp3) is 0.385. The van der Waals surface area contributed by atoms with Gasteiger partial charge in [-0.2, -0.15) is 0 Å². The average Bonchev–Trinajstić information content (AvgIpc) is 2.28. The fourth-order valence-electron chi connectivity index (χ4n) is 1.32. The van der Waals surface area contributed by atoms with Crippen molar-refractivity contribution in [3.05, 3.63) is 29.8 Å². The molecule has 1 aromatic rings. The third kappa shape index (κ3) is 3.67. The lowest BCUT2D eigenvalue weighted by Crippen LogP contribution is -2.39. The molecule has 0 fully saturated rings. The van der Waals surface area contributed by atoms with Gasteiger partial charge in [-0.3, -0.25) is 9.59 Å². The van der Waals surface area contributed by atoms with Crippen LogP contribution in [0.1, 0.15) is 31.1 Å². The predicted molar refractivity (Wildman–Crippen MR) is 67.9 cm³/mol. The lowest BCUT2D eigenvalue weighted by molar-refractivity contribution is -0.118. The second-order valence-corrected chi connectivity index (χ2v) is 4.39. The van der Waals surface area contributed by atoms with Crippen molar-refractivity contribution in [2.24, 2.45) is 11.7 Å². The van der Waals surface area contributed by atoms with Crippen LogP contribution in [0.2, 0.25) is 0 Å². The average molecular weight is 234 g/mol. The van der Waals surface area contributed by atoms with Crippen molar-refractivity contribution < 1.29 is 9.59 Å². The molecule has 1 atom stereocenters. The minimum absolute atomic E-state index is 0.00163. The van der Waals surface area contributed by atoms with E-state index in [0.29, 0.717) is 11.3 Å². The summed E-state index contributed by atoms with van der Waals surface area (Å²) in [5.74, 6) is -0.121. The molecule has 17 heavy (non-hydrogen) atoms. The van der Waals surface area contributed by atoms with Gasteiger partial charge in [0, 0.05) is 11.3 Å². The number of nitrogens with two attached hydrogens (primary N) is 1.